The fourth-order valence-corrected chi connectivity index (χ4v) is 3.26. The number of nitrogens with one attached hydrogen (secondary N) is 1. The molecule has 1 unspecified atom stereocenters. The molecule has 26 heavy (non-hydrogen) atoms. The molecule has 1 aromatic heterocycles. The van der Waals surface area contributed by atoms with Crippen LogP contribution in [0.15, 0.2) is 60.6 Å². The molecule has 2 heterocycles. The summed E-state index contributed by atoms with van der Waals surface area (Å²) in [6, 6.07) is 13.6. The second-order valence-electron chi connectivity index (χ2n) is 6.62. The number of rotatable bonds is 5. The summed E-state index contributed by atoms with van der Waals surface area (Å²) in [5.74, 6) is 0.0611. The topological polar surface area (TPSA) is 62.3 Å². The van der Waals surface area contributed by atoms with Crippen LogP contribution in [0.3, 0.4) is 0 Å². The van der Waals surface area contributed by atoms with Crippen LogP contribution >= 0.6 is 0 Å². The highest BCUT2D eigenvalue weighted by molar-refractivity contribution is 6.01. The Morgan fingerprint density at radius 3 is 2.62 bits per heavy atom. The van der Waals surface area contributed by atoms with Gasteiger partial charge in [-0.15, -0.1) is 0 Å². The van der Waals surface area contributed by atoms with Crippen molar-refractivity contribution >= 4 is 17.9 Å². The number of carbonyl (C=O) groups is 2. The Hall–Kier alpha value is -2.95. The molecule has 1 aliphatic rings. The number of nitrogens with zero attached hydrogens (tertiary/aromatic N) is 2. The van der Waals surface area contributed by atoms with E-state index in [-0.39, 0.29) is 11.8 Å². The van der Waals surface area contributed by atoms with Crippen molar-refractivity contribution in [2.75, 3.05) is 13.1 Å². The van der Waals surface area contributed by atoms with Crippen molar-refractivity contribution in [3.63, 3.8) is 0 Å². The Morgan fingerprint density at radius 2 is 1.92 bits per heavy atom. The monoisotopic (exact) mass is 349 g/mol. The molecule has 1 fully saturated rings. The Bertz CT molecular complexity index is 787. The molecule has 2 amide bonds. The van der Waals surface area contributed by atoms with Gasteiger partial charge in [-0.25, -0.2) is 0 Å². The van der Waals surface area contributed by atoms with Crippen molar-refractivity contribution in [2.45, 2.75) is 19.8 Å². The smallest absolute Gasteiger partial charge is 0.270 e. The molecule has 0 aliphatic carbocycles. The van der Waals surface area contributed by atoms with E-state index in [0.29, 0.717) is 24.7 Å². The van der Waals surface area contributed by atoms with Gasteiger partial charge >= 0.3 is 0 Å². The van der Waals surface area contributed by atoms with Gasteiger partial charge in [-0.05, 0) is 48.1 Å². The zero-order chi connectivity index (χ0) is 18.4. The van der Waals surface area contributed by atoms with E-state index < -0.39 is 0 Å². The Morgan fingerprint density at radius 1 is 1.19 bits per heavy atom. The second kappa shape index (κ2) is 8.43. The number of pyridine rings is 1. The molecule has 1 atom stereocenters. The second-order valence-corrected chi connectivity index (χ2v) is 6.62. The first-order valence-corrected chi connectivity index (χ1v) is 8.84. The Balaban J connectivity index is 1.69. The molecule has 0 spiro atoms. The average molecular weight is 349 g/mol. The molecule has 5 heteroatoms. The number of benzene rings is 1. The molecule has 134 valence electrons. The lowest BCUT2D eigenvalue weighted by molar-refractivity contribution is -0.128. The summed E-state index contributed by atoms with van der Waals surface area (Å²) < 4.78 is 0. The maximum atomic E-state index is 12.9. The van der Waals surface area contributed by atoms with Crippen LogP contribution < -0.4 is 5.32 Å². The van der Waals surface area contributed by atoms with Crippen LogP contribution in [-0.4, -0.2) is 34.8 Å². The summed E-state index contributed by atoms with van der Waals surface area (Å²) in [5.41, 5.74) is 2.45. The molecule has 1 aromatic carbocycles. The summed E-state index contributed by atoms with van der Waals surface area (Å²) in [6.07, 6.45) is 7.23. The lowest BCUT2D eigenvalue weighted by atomic mass is 10.00. The van der Waals surface area contributed by atoms with Crippen molar-refractivity contribution in [2.24, 2.45) is 5.92 Å². The maximum absolute atomic E-state index is 12.9. The summed E-state index contributed by atoms with van der Waals surface area (Å²) in [6.45, 7) is 2.83. The van der Waals surface area contributed by atoms with E-state index in [1.807, 2.05) is 47.4 Å². The van der Waals surface area contributed by atoms with Gasteiger partial charge in [-0.1, -0.05) is 30.3 Å². The van der Waals surface area contributed by atoms with Gasteiger partial charge in [0.05, 0.1) is 0 Å². The van der Waals surface area contributed by atoms with Crippen molar-refractivity contribution in [3.8, 4) is 0 Å². The molecule has 0 bridgehead atoms. The SMILES string of the molecule is CC(=O)N/C(=C/c1ccccc1)C(=O)N1CCC(Cc2ccncc2)C1. The molecule has 1 saturated heterocycles. The summed E-state index contributed by atoms with van der Waals surface area (Å²) in [7, 11) is 0. The first-order valence-electron chi connectivity index (χ1n) is 8.84. The van der Waals surface area contributed by atoms with Crippen molar-refractivity contribution < 1.29 is 9.59 Å². The molecule has 3 rings (SSSR count). The number of hydrogen-bond acceptors (Lipinski definition) is 3. The number of likely N-dealkylation sites (tertiary alicyclic amines) is 1. The highest BCUT2D eigenvalue weighted by atomic mass is 16.2. The summed E-state index contributed by atoms with van der Waals surface area (Å²) in [4.78, 5) is 30.3. The van der Waals surface area contributed by atoms with Gasteiger partial charge in [0.15, 0.2) is 0 Å². The predicted octanol–water partition coefficient (Wildman–Crippen LogP) is 2.65. The van der Waals surface area contributed by atoms with E-state index in [1.54, 1.807) is 18.5 Å². The van der Waals surface area contributed by atoms with Crippen molar-refractivity contribution in [1.82, 2.24) is 15.2 Å². The minimum atomic E-state index is -0.243. The summed E-state index contributed by atoms with van der Waals surface area (Å²) >= 11 is 0. The summed E-state index contributed by atoms with van der Waals surface area (Å²) in [5, 5.41) is 2.69. The van der Waals surface area contributed by atoms with Gasteiger partial charge in [0, 0.05) is 32.4 Å². The minimum Gasteiger partial charge on any atom is -0.337 e. The largest absolute Gasteiger partial charge is 0.337 e. The van der Waals surface area contributed by atoms with Crippen molar-refractivity contribution in [1.29, 1.82) is 0 Å². The third-order valence-corrected chi connectivity index (χ3v) is 4.50. The minimum absolute atomic E-state index is 0.124. The molecule has 1 N–H and O–H groups in total. The van der Waals surface area contributed by atoms with Crippen LogP contribution in [0.2, 0.25) is 0 Å². The van der Waals surface area contributed by atoms with E-state index >= 15 is 0 Å². The van der Waals surface area contributed by atoms with Crippen LogP contribution in [0, 0.1) is 5.92 Å². The molecule has 0 saturated carbocycles. The van der Waals surface area contributed by atoms with Crippen LogP contribution in [0.1, 0.15) is 24.5 Å². The van der Waals surface area contributed by atoms with Gasteiger partial charge < -0.3 is 10.2 Å². The van der Waals surface area contributed by atoms with Crippen LogP contribution in [0.5, 0.6) is 0 Å². The van der Waals surface area contributed by atoms with E-state index in [1.165, 1.54) is 12.5 Å². The fourth-order valence-electron chi connectivity index (χ4n) is 3.26. The third kappa shape index (κ3) is 4.79. The number of aromatic nitrogens is 1. The highest BCUT2D eigenvalue weighted by Crippen LogP contribution is 2.22. The number of amides is 2. The lowest BCUT2D eigenvalue weighted by Crippen LogP contribution is -2.36. The molecular weight excluding hydrogens is 326 g/mol. The first kappa shape index (κ1) is 17.9. The van der Waals surface area contributed by atoms with Gasteiger partial charge in [0.2, 0.25) is 5.91 Å². The van der Waals surface area contributed by atoms with Gasteiger partial charge in [-0.3, -0.25) is 14.6 Å². The van der Waals surface area contributed by atoms with Gasteiger partial charge in [0.1, 0.15) is 5.70 Å². The standard InChI is InChI=1S/C21H23N3O2/c1-16(25)23-20(14-17-5-3-2-4-6-17)21(26)24-12-9-19(15-24)13-18-7-10-22-11-8-18/h2-8,10-11,14,19H,9,12-13,15H2,1H3,(H,23,25)/b20-14+. The Kier molecular flexibility index (Phi) is 5.79. The predicted molar refractivity (Wildman–Crippen MR) is 101 cm³/mol. The average Bonchev–Trinajstić information content (AvgIpc) is 3.10. The number of hydrogen-bond donors (Lipinski definition) is 1. The highest BCUT2D eigenvalue weighted by Gasteiger charge is 2.28. The van der Waals surface area contributed by atoms with E-state index in [0.717, 1.165) is 18.4 Å². The fraction of sp³-hybridized carbons (Fsp3) is 0.286. The quantitative estimate of drug-likeness (QED) is 0.844. The molecule has 2 aromatic rings. The van der Waals surface area contributed by atoms with E-state index in [9.17, 15) is 9.59 Å². The van der Waals surface area contributed by atoms with Crippen LogP contribution in [-0.2, 0) is 16.0 Å². The first-order chi connectivity index (χ1) is 12.6. The molecule has 5 nitrogen and oxygen atoms in total. The third-order valence-electron chi connectivity index (χ3n) is 4.50. The number of carbonyl (C=O) groups excluding carboxylic acids is 2. The zero-order valence-electron chi connectivity index (χ0n) is 14.9. The molecule has 1 aliphatic heterocycles. The van der Waals surface area contributed by atoms with E-state index in [2.05, 4.69) is 10.3 Å². The van der Waals surface area contributed by atoms with Gasteiger partial charge in [-0.2, -0.15) is 0 Å². The lowest BCUT2D eigenvalue weighted by Gasteiger charge is -2.19. The van der Waals surface area contributed by atoms with Crippen LogP contribution in [0.4, 0.5) is 0 Å². The van der Waals surface area contributed by atoms with Gasteiger partial charge in [0.25, 0.3) is 5.91 Å². The molecule has 0 radical (unpaired) electrons. The zero-order valence-corrected chi connectivity index (χ0v) is 14.9. The van der Waals surface area contributed by atoms with E-state index in [4.69, 9.17) is 0 Å². The van der Waals surface area contributed by atoms with Crippen molar-refractivity contribution in [3.05, 3.63) is 71.7 Å². The maximum Gasteiger partial charge on any atom is 0.270 e. The normalized spacial score (nSPS) is 17.2. The molecular formula is C21H23N3O2. The Labute approximate surface area is 153 Å². The van der Waals surface area contributed by atoms with Crippen LogP contribution in [0.25, 0.3) is 6.08 Å².